The maximum Gasteiger partial charge on any atom is 0.352 e. The van der Waals surface area contributed by atoms with E-state index >= 15 is 0 Å². The number of hydrogen-bond donors (Lipinski definition) is 1. The Kier molecular flexibility index (Phi) is 5.74. The number of aliphatic carboxylic acids is 1. The maximum atomic E-state index is 12.8. The number of carbonyl (C=O) groups excluding carboxylic acids is 1. The lowest BCUT2D eigenvalue weighted by molar-refractivity contribution is -0.182. The summed E-state index contributed by atoms with van der Waals surface area (Å²) in [6, 6.07) is 0. The van der Waals surface area contributed by atoms with Crippen LogP contribution < -0.4 is 0 Å². The Morgan fingerprint density at radius 1 is 1.67 bits per heavy atom. The van der Waals surface area contributed by atoms with Crippen LogP contribution in [0.4, 0.5) is 0 Å². The first-order chi connectivity index (χ1) is 12.8. The summed E-state index contributed by atoms with van der Waals surface area (Å²) in [5, 5.41) is 20.9. The number of thioether (sulfide) groups is 2. The van der Waals surface area contributed by atoms with Crippen molar-refractivity contribution in [3.63, 3.8) is 0 Å². The number of methoxy groups -OCH3 is 1. The summed E-state index contributed by atoms with van der Waals surface area (Å²) in [5.41, 5.74) is -0.871. The van der Waals surface area contributed by atoms with Gasteiger partial charge < -0.3 is 9.84 Å². The Labute approximate surface area is 171 Å². The van der Waals surface area contributed by atoms with Gasteiger partial charge in [-0.1, -0.05) is 18.3 Å². The molecule has 0 unspecified atom stereocenters. The molecule has 0 saturated carbocycles. The molecule has 2 aliphatic rings. The SMILES string of the molecule is C=C(Br)C=N[C@]1(OC)C(=O)N2C(C(=O)O)=C(CSc3nnnn3C)CS[C@H]21. The fourth-order valence-electron chi connectivity index (χ4n) is 2.70. The van der Waals surface area contributed by atoms with Crippen molar-refractivity contribution < 1.29 is 19.4 Å². The number of aromatic nitrogens is 4. The summed E-state index contributed by atoms with van der Waals surface area (Å²) < 4.78 is 7.36. The van der Waals surface area contributed by atoms with E-state index in [1.54, 1.807) is 7.05 Å². The number of aliphatic imine (C=N–C) groups is 1. The highest BCUT2D eigenvalue weighted by Gasteiger charge is 2.66. The second-order valence-corrected chi connectivity index (χ2v) is 8.60. The number of allylic oxidation sites excluding steroid dienone is 1. The smallest absolute Gasteiger partial charge is 0.352 e. The van der Waals surface area contributed by atoms with Crippen molar-refractivity contribution in [2.75, 3.05) is 18.6 Å². The number of carbonyl (C=O) groups is 2. The molecule has 0 radical (unpaired) electrons. The van der Waals surface area contributed by atoms with Gasteiger partial charge in [0, 0.05) is 36.4 Å². The molecule has 1 aromatic rings. The highest BCUT2D eigenvalue weighted by Crippen LogP contribution is 2.49. The number of aryl methyl sites for hydroxylation is 1. The molecule has 0 bridgehead atoms. The first-order valence-corrected chi connectivity index (χ1v) is 10.3. The maximum absolute atomic E-state index is 12.8. The second-order valence-electron chi connectivity index (χ2n) is 5.58. The zero-order valence-corrected chi connectivity index (χ0v) is 17.5. The summed E-state index contributed by atoms with van der Waals surface area (Å²) in [7, 11) is 3.07. The van der Waals surface area contributed by atoms with E-state index in [2.05, 4.69) is 43.0 Å². The van der Waals surface area contributed by atoms with E-state index < -0.39 is 23.0 Å². The number of tetrazole rings is 1. The average molecular weight is 475 g/mol. The summed E-state index contributed by atoms with van der Waals surface area (Å²) in [6.07, 6.45) is 1.38. The standard InChI is InChI=1S/C14H15BrN6O4S2/c1-7(15)4-16-14(25-3)11(24)21-9(10(22)23)8(5-26-12(14)21)6-27-13-17-18-19-20(13)2/h4,12H,1,5-6H2,2-3H3,(H,22,23)/t12-,14-/m0/s1. The Bertz CT molecular complexity index is 872. The lowest BCUT2D eigenvalue weighted by Crippen LogP contribution is -2.73. The molecule has 2 atom stereocenters. The van der Waals surface area contributed by atoms with Crippen molar-refractivity contribution in [3.05, 3.63) is 22.3 Å². The number of carboxylic acids is 1. The molecule has 0 aromatic carbocycles. The summed E-state index contributed by atoms with van der Waals surface area (Å²) in [5.74, 6) is -0.920. The number of hydrogen-bond acceptors (Lipinski definition) is 9. The zero-order chi connectivity index (χ0) is 19.8. The first-order valence-electron chi connectivity index (χ1n) is 7.52. The van der Waals surface area contributed by atoms with E-state index in [1.807, 2.05) is 0 Å². The first kappa shape index (κ1) is 20.0. The number of amides is 1. The van der Waals surface area contributed by atoms with Gasteiger partial charge in [-0.15, -0.1) is 16.9 Å². The monoisotopic (exact) mass is 474 g/mol. The molecule has 1 aromatic heterocycles. The number of rotatable bonds is 7. The van der Waals surface area contributed by atoms with Crippen LogP contribution in [0.2, 0.25) is 0 Å². The lowest BCUT2D eigenvalue weighted by atomic mass is 9.99. The molecule has 1 fully saturated rings. The molecule has 0 aliphatic carbocycles. The van der Waals surface area contributed by atoms with E-state index in [0.29, 0.717) is 26.7 Å². The van der Waals surface area contributed by atoms with E-state index in [-0.39, 0.29) is 5.70 Å². The van der Waals surface area contributed by atoms with Crippen molar-refractivity contribution in [1.29, 1.82) is 0 Å². The topological polar surface area (TPSA) is 123 Å². The Balaban J connectivity index is 1.88. The van der Waals surface area contributed by atoms with Gasteiger partial charge in [0.2, 0.25) is 5.16 Å². The average Bonchev–Trinajstić information content (AvgIpc) is 3.04. The van der Waals surface area contributed by atoms with E-state index in [1.165, 1.54) is 46.4 Å². The van der Waals surface area contributed by atoms with Crippen LogP contribution in [0.1, 0.15) is 0 Å². The fraction of sp³-hybridized carbons (Fsp3) is 0.429. The Morgan fingerprint density at radius 3 is 2.96 bits per heavy atom. The Morgan fingerprint density at radius 2 is 2.41 bits per heavy atom. The highest BCUT2D eigenvalue weighted by atomic mass is 79.9. The van der Waals surface area contributed by atoms with Gasteiger partial charge in [-0.2, -0.15) is 0 Å². The minimum absolute atomic E-state index is 0.0353. The molecule has 13 heteroatoms. The minimum atomic E-state index is -1.45. The van der Waals surface area contributed by atoms with Crippen molar-refractivity contribution in [2.24, 2.45) is 12.0 Å². The number of carboxylic acid groups (broad SMARTS) is 1. The molecule has 1 N–H and O–H groups in total. The van der Waals surface area contributed by atoms with Crippen molar-refractivity contribution >= 4 is 57.5 Å². The summed E-state index contributed by atoms with van der Waals surface area (Å²) in [4.78, 5) is 30.1. The zero-order valence-electron chi connectivity index (χ0n) is 14.3. The third-order valence-electron chi connectivity index (χ3n) is 3.95. The summed E-state index contributed by atoms with van der Waals surface area (Å²) >= 11 is 5.86. The number of halogens is 1. The van der Waals surface area contributed by atoms with E-state index in [4.69, 9.17) is 4.74 Å². The molecule has 2 aliphatic heterocycles. The van der Waals surface area contributed by atoms with Crippen molar-refractivity contribution in [2.45, 2.75) is 16.3 Å². The van der Waals surface area contributed by atoms with Crippen LogP contribution in [0.5, 0.6) is 0 Å². The van der Waals surface area contributed by atoms with Crippen LogP contribution >= 0.6 is 39.5 Å². The van der Waals surface area contributed by atoms with Crippen molar-refractivity contribution in [1.82, 2.24) is 25.1 Å². The van der Waals surface area contributed by atoms with Gasteiger partial charge in [-0.25, -0.2) is 14.5 Å². The predicted molar refractivity (Wildman–Crippen MR) is 104 cm³/mol. The molecular weight excluding hydrogens is 460 g/mol. The molecule has 1 amide bonds. The number of fused-ring (bicyclic) bond motifs is 1. The molecule has 27 heavy (non-hydrogen) atoms. The normalized spacial score (nSPS) is 24.9. The van der Waals surface area contributed by atoms with Gasteiger partial charge in [-0.05, 0) is 31.9 Å². The molecule has 3 heterocycles. The largest absolute Gasteiger partial charge is 0.477 e. The predicted octanol–water partition coefficient (Wildman–Crippen LogP) is 0.878. The van der Waals surface area contributed by atoms with Crippen LogP contribution in [-0.2, 0) is 21.4 Å². The highest BCUT2D eigenvalue weighted by molar-refractivity contribution is 9.12. The van der Waals surface area contributed by atoms with E-state index in [9.17, 15) is 14.7 Å². The molecule has 0 spiro atoms. The lowest BCUT2D eigenvalue weighted by Gasteiger charge is -2.53. The Hall–Kier alpha value is -1.70. The van der Waals surface area contributed by atoms with Gasteiger partial charge in [-0.3, -0.25) is 9.69 Å². The molecule has 1 saturated heterocycles. The van der Waals surface area contributed by atoms with Crippen LogP contribution in [0.15, 0.2) is 32.5 Å². The van der Waals surface area contributed by atoms with Gasteiger partial charge in [0.05, 0.1) is 0 Å². The minimum Gasteiger partial charge on any atom is -0.477 e. The molecular formula is C14H15BrN6O4S2. The van der Waals surface area contributed by atoms with Crippen molar-refractivity contribution in [3.8, 4) is 0 Å². The molecule has 144 valence electrons. The quantitative estimate of drug-likeness (QED) is 0.348. The van der Waals surface area contributed by atoms with Gasteiger partial charge >= 0.3 is 5.97 Å². The van der Waals surface area contributed by atoms with Crippen LogP contribution in [-0.4, -0.2) is 78.0 Å². The number of nitrogens with zero attached hydrogens (tertiary/aromatic N) is 6. The third-order valence-corrected chi connectivity index (χ3v) is 6.62. The number of ether oxygens (including phenoxy) is 1. The van der Waals surface area contributed by atoms with Crippen LogP contribution in [0.3, 0.4) is 0 Å². The third kappa shape index (κ3) is 3.44. The number of β-lactam (4-membered cyclic amide) rings is 1. The van der Waals surface area contributed by atoms with E-state index in [0.717, 1.165) is 0 Å². The van der Waals surface area contributed by atoms with Crippen LogP contribution in [0, 0.1) is 0 Å². The second kappa shape index (κ2) is 7.73. The van der Waals surface area contributed by atoms with Crippen LogP contribution in [0.25, 0.3) is 0 Å². The van der Waals surface area contributed by atoms with Gasteiger partial charge in [0.15, 0.2) is 0 Å². The van der Waals surface area contributed by atoms with Gasteiger partial charge in [0.25, 0.3) is 11.6 Å². The molecule has 10 nitrogen and oxygen atoms in total. The fourth-order valence-corrected chi connectivity index (χ4v) is 5.23. The van der Waals surface area contributed by atoms with Gasteiger partial charge in [0.1, 0.15) is 11.1 Å². The molecule has 3 rings (SSSR count). The summed E-state index contributed by atoms with van der Waals surface area (Å²) in [6.45, 7) is 3.65.